The van der Waals surface area contributed by atoms with Crippen LogP contribution in [0.5, 0.6) is 0 Å². The van der Waals surface area contributed by atoms with Crippen molar-refractivity contribution in [1.82, 2.24) is 0 Å². The third kappa shape index (κ3) is 5.04. The maximum Gasteiger partial charge on any atom is 0.320 e. The van der Waals surface area contributed by atoms with E-state index in [1.54, 1.807) is 0 Å². The lowest BCUT2D eigenvalue weighted by molar-refractivity contribution is -0.304. The number of allylic oxidation sites excluding steroid dienone is 2. The van der Waals surface area contributed by atoms with E-state index in [4.69, 9.17) is 5.11 Å². The van der Waals surface area contributed by atoms with Gasteiger partial charge in [-0.15, -0.1) is 0 Å². The van der Waals surface area contributed by atoms with E-state index in [-0.39, 0.29) is 6.42 Å². The van der Waals surface area contributed by atoms with Crippen molar-refractivity contribution in [3.63, 3.8) is 0 Å². The van der Waals surface area contributed by atoms with Crippen LogP contribution in [0.4, 0.5) is 0 Å². The molecule has 0 aliphatic carbocycles. The van der Waals surface area contributed by atoms with Crippen LogP contribution in [0.25, 0.3) is 0 Å². The Morgan fingerprint density at radius 2 is 1.92 bits per heavy atom. The molecule has 12 heavy (non-hydrogen) atoms. The summed E-state index contributed by atoms with van der Waals surface area (Å²) in [7, 11) is 0. The average molecular weight is 170 g/mol. The number of hydrogen-bond acceptors (Lipinski definition) is 4. The number of carboxylic acids is 2. The van der Waals surface area contributed by atoms with E-state index >= 15 is 0 Å². The van der Waals surface area contributed by atoms with Crippen molar-refractivity contribution < 1.29 is 24.9 Å². The molecule has 1 N–H and O–H groups in total. The number of carboxylic acid groups (broad SMARTS) is 2. The minimum atomic E-state index is -1.58. The molecule has 0 aromatic heterocycles. The quantitative estimate of drug-likeness (QED) is 0.299. The highest BCUT2D eigenvalue weighted by Crippen LogP contribution is 1.86. The van der Waals surface area contributed by atoms with Gasteiger partial charge >= 0.3 is 5.97 Å². The summed E-state index contributed by atoms with van der Waals surface area (Å²) in [6.07, 6.45) is 2.61. The summed E-state index contributed by atoms with van der Waals surface area (Å²) in [6, 6.07) is 0. The third-order valence-electron chi connectivity index (χ3n) is 0.879. The summed E-state index contributed by atoms with van der Waals surface area (Å²) in [5, 5.41) is 28.2. The summed E-state index contributed by atoms with van der Waals surface area (Å²) < 4.78 is 0. The van der Waals surface area contributed by atoms with Gasteiger partial charge in [0.05, 0.1) is 0 Å². The van der Waals surface area contributed by atoms with Gasteiger partial charge in [0.15, 0.2) is 0 Å². The number of rotatable bonds is 4. The SMILES string of the molecule is O=C([O-])C/C=C/C=C(\[O-])C(=O)O. The fourth-order valence-corrected chi connectivity index (χ4v) is 0.391. The van der Waals surface area contributed by atoms with Gasteiger partial charge in [0, 0.05) is 12.4 Å². The zero-order chi connectivity index (χ0) is 9.56. The smallest absolute Gasteiger partial charge is 0.320 e. The zero-order valence-electron chi connectivity index (χ0n) is 6.02. The van der Waals surface area contributed by atoms with Gasteiger partial charge in [0.2, 0.25) is 0 Å². The molecule has 0 bridgehead atoms. The van der Waals surface area contributed by atoms with Crippen LogP contribution in [-0.4, -0.2) is 17.0 Å². The summed E-state index contributed by atoms with van der Waals surface area (Å²) in [4.78, 5) is 19.7. The summed E-state index contributed by atoms with van der Waals surface area (Å²) in [5.41, 5.74) is 0. The molecular formula is C7H6O5-2. The van der Waals surface area contributed by atoms with E-state index in [2.05, 4.69) is 0 Å². The molecule has 5 nitrogen and oxygen atoms in total. The second kappa shape index (κ2) is 4.95. The second-order valence-electron chi connectivity index (χ2n) is 1.84. The van der Waals surface area contributed by atoms with Crippen LogP contribution >= 0.6 is 0 Å². The molecule has 0 atom stereocenters. The molecule has 0 aliphatic heterocycles. The van der Waals surface area contributed by atoms with Crippen molar-refractivity contribution in [1.29, 1.82) is 0 Å². The predicted molar refractivity (Wildman–Crippen MR) is 34.5 cm³/mol. The first-order valence-corrected chi connectivity index (χ1v) is 3.01. The van der Waals surface area contributed by atoms with Gasteiger partial charge in [-0.25, -0.2) is 4.79 Å². The van der Waals surface area contributed by atoms with Crippen molar-refractivity contribution >= 4 is 11.9 Å². The van der Waals surface area contributed by atoms with Crippen LogP contribution < -0.4 is 10.2 Å². The maximum absolute atomic E-state index is 10.3. The Kier molecular flexibility index (Phi) is 4.21. The summed E-state index contributed by atoms with van der Waals surface area (Å²) in [5.74, 6) is -3.96. The number of carbonyl (C=O) groups excluding carboxylic acids is 1. The molecule has 0 heterocycles. The van der Waals surface area contributed by atoms with Crippen LogP contribution in [0.2, 0.25) is 0 Å². The highest BCUT2D eigenvalue weighted by molar-refractivity contribution is 5.83. The fourth-order valence-electron chi connectivity index (χ4n) is 0.391. The van der Waals surface area contributed by atoms with Crippen LogP contribution in [0.1, 0.15) is 6.42 Å². The van der Waals surface area contributed by atoms with Crippen molar-refractivity contribution in [3.8, 4) is 0 Å². The van der Waals surface area contributed by atoms with Gasteiger partial charge in [-0.1, -0.05) is 18.2 Å². The lowest BCUT2D eigenvalue weighted by Crippen LogP contribution is -2.20. The Balaban J connectivity index is 3.95. The first-order chi connectivity index (χ1) is 5.54. The van der Waals surface area contributed by atoms with E-state index in [1.807, 2.05) is 0 Å². The normalized spacial score (nSPS) is 11.8. The molecule has 5 heteroatoms. The van der Waals surface area contributed by atoms with Gasteiger partial charge in [-0.05, 0) is 5.76 Å². The molecule has 0 radical (unpaired) electrons. The highest BCUT2D eigenvalue weighted by Gasteiger charge is 1.88. The molecule has 0 saturated carbocycles. The molecule has 0 amide bonds. The van der Waals surface area contributed by atoms with E-state index < -0.39 is 17.7 Å². The van der Waals surface area contributed by atoms with E-state index in [0.717, 1.165) is 18.2 Å². The minimum Gasteiger partial charge on any atom is -0.868 e. The van der Waals surface area contributed by atoms with Gasteiger partial charge in [0.1, 0.15) is 0 Å². The van der Waals surface area contributed by atoms with Gasteiger partial charge in [-0.3, -0.25) is 0 Å². The number of carbonyl (C=O) groups is 2. The second-order valence-corrected chi connectivity index (χ2v) is 1.84. The van der Waals surface area contributed by atoms with Crippen LogP contribution in [0.15, 0.2) is 24.0 Å². The molecule has 0 spiro atoms. The molecule has 66 valence electrons. The van der Waals surface area contributed by atoms with Crippen molar-refractivity contribution in [2.45, 2.75) is 6.42 Å². The fraction of sp³-hybridized carbons (Fsp3) is 0.143. The van der Waals surface area contributed by atoms with Crippen LogP contribution in [0, 0.1) is 0 Å². The van der Waals surface area contributed by atoms with E-state index in [9.17, 15) is 19.8 Å². The number of aliphatic carboxylic acids is 2. The summed E-state index contributed by atoms with van der Waals surface area (Å²) >= 11 is 0. The van der Waals surface area contributed by atoms with Gasteiger partial charge in [-0.2, -0.15) is 0 Å². The van der Waals surface area contributed by atoms with E-state index in [1.165, 1.54) is 0 Å². The summed E-state index contributed by atoms with van der Waals surface area (Å²) in [6.45, 7) is 0. The molecular weight excluding hydrogens is 164 g/mol. The first kappa shape index (κ1) is 10.2. The Hall–Kier alpha value is -1.78. The maximum atomic E-state index is 10.3. The molecule has 0 aromatic carbocycles. The Morgan fingerprint density at radius 1 is 1.33 bits per heavy atom. The Morgan fingerprint density at radius 3 is 2.33 bits per heavy atom. The van der Waals surface area contributed by atoms with Crippen LogP contribution in [-0.2, 0) is 9.59 Å². The average Bonchev–Trinajstić information content (AvgIpc) is 1.97. The molecule has 0 fully saturated rings. The monoisotopic (exact) mass is 170 g/mol. The molecule has 0 unspecified atom stereocenters. The molecule has 0 rings (SSSR count). The minimum absolute atomic E-state index is 0.344. The lowest BCUT2D eigenvalue weighted by atomic mass is 10.3. The van der Waals surface area contributed by atoms with Crippen molar-refractivity contribution in [2.75, 3.05) is 0 Å². The Bertz CT molecular complexity index is 238. The molecule has 0 aliphatic rings. The van der Waals surface area contributed by atoms with Gasteiger partial charge in [0.25, 0.3) is 0 Å². The largest absolute Gasteiger partial charge is 0.868 e. The Labute approximate surface area is 68.3 Å². The van der Waals surface area contributed by atoms with Crippen molar-refractivity contribution in [2.24, 2.45) is 0 Å². The molecule has 0 aromatic rings. The number of hydrogen-bond donors (Lipinski definition) is 1. The van der Waals surface area contributed by atoms with Crippen LogP contribution in [0.3, 0.4) is 0 Å². The highest BCUT2D eigenvalue weighted by atomic mass is 16.4. The standard InChI is InChI=1S/C7H8O5/c8-5(7(11)12)3-1-2-4-6(9)10/h1-3,8H,4H2,(H,9,10)(H,11,12)/p-2/b2-1+,5-3-. The lowest BCUT2D eigenvalue weighted by Gasteiger charge is -2.01. The van der Waals surface area contributed by atoms with Gasteiger partial charge < -0.3 is 20.1 Å². The first-order valence-electron chi connectivity index (χ1n) is 3.01. The van der Waals surface area contributed by atoms with Crippen molar-refractivity contribution in [3.05, 3.63) is 24.0 Å². The third-order valence-corrected chi connectivity index (χ3v) is 0.879. The zero-order valence-corrected chi connectivity index (χ0v) is 6.02. The topological polar surface area (TPSA) is 100 Å². The van der Waals surface area contributed by atoms with E-state index in [0.29, 0.717) is 0 Å². The molecule has 0 saturated heterocycles. The predicted octanol–water partition coefficient (Wildman–Crippen LogP) is -1.99.